The van der Waals surface area contributed by atoms with Crippen LogP contribution >= 0.6 is 0 Å². The summed E-state index contributed by atoms with van der Waals surface area (Å²) in [6, 6.07) is 6.56. The van der Waals surface area contributed by atoms with Crippen molar-refractivity contribution < 1.29 is 4.79 Å². The maximum atomic E-state index is 12.2. The molecule has 114 valence electrons. The molecule has 0 radical (unpaired) electrons. The van der Waals surface area contributed by atoms with Gasteiger partial charge in [0.25, 0.3) is 0 Å². The number of carbonyl (C=O) groups excluding carboxylic acids is 1. The summed E-state index contributed by atoms with van der Waals surface area (Å²) in [4.78, 5) is 18.7. The summed E-state index contributed by atoms with van der Waals surface area (Å²) in [5.74, 6) is 1.20. The van der Waals surface area contributed by atoms with E-state index in [0.29, 0.717) is 12.5 Å². The zero-order chi connectivity index (χ0) is 15.6. The van der Waals surface area contributed by atoms with Gasteiger partial charge in [0.15, 0.2) is 0 Å². The molecule has 0 saturated carbocycles. The lowest BCUT2D eigenvalue weighted by Crippen LogP contribution is -2.31. The van der Waals surface area contributed by atoms with Crippen molar-refractivity contribution in [1.82, 2.24) is 14.5 Å². The third kappa shape index (κ3) is 3.09. The topological polar surface area (TPSA) is 38.1 Å². The summed E-state index contributed by atoms with van der Waals surface area (Å²) in [5, 5.41) is 0. The number of hydrogen-bond acceptors (Lipinski definition) is 2. The van der Waals surface area contributed by atoms with Gasteiger partial charge in [-0.1, -0.05) is 6.07 Å². The number of imidazole rings is 1. The Morgan fingerprint density at radius 1 is 1.29 bits per heavy atom. The van der Waals surface area contributed by atoms with Crippen LogP contribution in [0.5, 0.6) is 0 Å². The van der Waals surface area contributed by atoms with Gasteiger partial charge >= 0.3 is 0 Å². The van der Waals surface area contributed by atoms with Gasteiger partial charge in [-0.25, -0.2) is 4.98 Å². The number of likely N-dealkylation sites (N-methyl/N-ethyl adjacent to an activating group) is 1. The normalized spacial score (nSPS) is 11.3. The molecule has 0 atom stereocenters. The van der Waals surface area contributed by atoms with Crippen LogP contribution in [-0.2, 0) is 11.2 Å². The second-order valence-electron chi connectivity index (χ2n) is 5.69. The van der Waals surface area contributed by atoms with Crippen LogP contribution in [0.15, 0.2) is 18.2 Å². The first-order valence-electron chi connectivity index (χ1n) is 7.73. The van der Waals surface area contributed by atoms with Crippen LogP contribution in [0, 0.1) is 6.92 Å². The Kier molecular flexibility index (Phi) is 4.66. The average Bonchev–Trinajstić information content (AvgIpc) is 2.75. The Hall–Kier alpha value is -1.84. The summed E-state index contributed by atoms with van der Waals surface area (Å²) in [5.41, 5.74) is 3.15. The maximum Gasteiger partial charge on any atom is 0.226 e. The molecule has 2 aromatic rings. The first-order chi connectivity index (χ1) is 9.97. The van der Waals surface area contributed by atoms with Gasteiger partial charge in [0, 0.05) is 19.1 Å². The fourth-order valence-corrected chi connectivity index (χ4v) is 2.89. The quantitative estimate of drug-likeness (QED) is 0.846. The fraction of sp³-hybridized carbons (Fsp3) is 0.529. The van der Waals surface area contributed by atoms with E-state index in [1.54, 1.807) is 0 Å². The van der Waals surface area contributed by atoms with Crippen molar-refractivity contribution in [3.05, 3.63) is 29.6 Å². The second-order valence-corrected chi connectivity index (χ2v) is 5.69. The van der Waals surface area contributed by atoms with Gasteiger partial charge in [-0.15, -0.1) is 0 Å². The Morgan fingerprint density at radius 2 is 1.95 bits per heavy atom. The largest absolute Gasteiger partial charge is 0.343 e. The highest BCUT2D eigenvalue weighted by atomic mass is 16.2. The number of nitrogens with zero attached hydrogens (tertiary/aromatic N) is 3. The summed E-state index contributed by atoms with van der Waals surface area (Å²) in [7, 11) is 0. The van der Waals surface area contributed by atoms with Crippen molar-refractivity contribution in [3.63, 3.8) is 0 Å². The van der Waals surface area contributed by atoms with E-state index in [1.165, 1.54) is 0 Å². The van der Waals surface area contributed by atoms with Crippen molar-refractivity contribution in [2.45, 2.75) is 47.1 Å². The monoisotopic (exact) mass is 287 g/mol. The summed E-state index contributed by atoms with van der Waals surface area (Å²) in [6.07, 6.45) is 0.450. The number of hydrogen-bond donors (Lipinski definition) is 0. The molecule has 0 aliphatic heterocycles. The molecule has 0 aliphatic rings. The second kappa shape index (κ2) is 6.29. The van der Waals surface area contributed by atoms with Crippen molar-refractivity contribution in [1.29, 1.82) is 0 Å². The van der Waals surface area contributed by atoms with Gasteiger partial charge in [0.05, 0.1) is 17.5 Å². The molecule has 0 spiro atoms. The number of aromatic nitrogens is 2. The average molecular weight is 287 g/mol. The number of amides is 1. The molecule has 1 amide bonds. The predicted molar refractivity (Wildman–Crippen MR) is 86.5 cm³/mol. The number of fused-ring (bicyclic) bond motifs is 1. The van der Waals surface area contributed by atoms with Crippen molar-refractivity contribution >= 4 is 16.9 Å². The minimum atomic E-state index is 0.180. The van der Waals surface area contributed by atoms with E-state index in [4.69, 9.17) is 0 Å². The third-order valence-electron chi connectivity index (χ3n) is 3.92. The highest BCUT2D eigenvalue weighted by Crippen LogP contribution is 2.22. The van der Waals surface area contributed by atoms with Gasteiger partial charge in [-0.2, -0.15) is 0 Å². The first-order valence-corrected chi connectivity index (χ1v) is 7.73. The summed E-state index contributed by atoms with van der Waals surface area (Å²) >= 11 is 0. The minimum Gasteiger partial charge on any atom is -0.343 e. The number of benzene rings is 1. The summed E-state index contributed by atoms with van der Waals surface area (Å²) < 4.78 is 2.23. The molecule has 1 aromatic carbocycles. The van der Waals surface area contributed by atoms with Crippen molar-refractivity contribution in [2.75, 3.05) is 13.1 Å². The maximum absolute atomic E-state index is 12.2. The zero-order valence-electron chi connectivity index (χ0n) is 13.7. The van der Waals surface area contributed by atoms with Gasteiger partial charge in [0.2, 0.25) is 5.91 Å². The number of carbonyl (C=O) groups is 1. The highest BCUT2D eigenvalue weighted by Gasteiger charge is 2.13. The summed E-state index contributed by atoms with van der Waals surface area (Å²) in [6.45, 7) is 11.9. The SMILES string of the molecule is CCN(CC)C(=O)Cc1ccc2c(c1)nc(C)n2C(C)C. The minimum absolute atomic E-state index is 0.180. The molecule has 0 bridgehead atoms. The molecule has 0 saturated heterocycles. The van der Waals surface area contributed by atoms with E-state index in [1.807, 2.05) is 37.8 Å². The third-order valence-corrected chi connectivity index (χ3v) is 3.92. The van der Waals surface area contributed by atoms with E-state index in [2.05, 4.69) is 29.5 Å². The Bertz CT molecular complexity index is 639. The molecule has 4 nitrogen and oxygen atoms in total. The molecule has 0 unspecified atom stereocenters. The molecule has 21 heavy (non-hydrogen) atoms. The van der Waals surface area contributed by atoms with Crippen LogP contribution in [0.4, 0.5) is 0 Å². The Morgan fingerprint density at radius 3 is 2.52 bits per heavy atom. The van der Waals surface area contributed by atoms with Crippen LogP contribution in [0.1, 0.15) is 45.1 Å². The lowest BCUT2D eigenvalue weighted by atomic mass is 10.1. The van der Waals surface area contributed by atoms with Crippen molar-refractivity contribution in [3.8, 4) is 0 Å². The van der Waals surface area contributed by atoms with E-state index in [-0.39, 0.29) is 5.91 Å². The molecule has 0 aliphatic carbocycles. The van der Waals surface area contributed by atoms with Crippen molar-refractivity contribution in [2.24, 2.45) is 0 Å². The number of rotatable bonds is 5. The van der Waals surface area contributed by atoms with E-state index in [0.717, 1.165) is 35.5 Å². The zero-order valence-corrected chi connectivity index (χ0v) is 13.7. The van der Waals surface area contributed by atoms with Crippen LogP contribution in [0.2, 0.25) is 0 Å². The Balaban J connectivity index is 2.30. The van der Waals surface area contributed by atoms with Crippen LogP contribution in [-0.4, -0.2) is 33.4 Å². The van der Waals surface area contributed by atoms with E-state index >= 15 is 0 Å². The van der Waals surface area contributed by atoms with Gasteiger partial charge in [-0.05, 0) is 52.3 Å². The van der Waals surface area contributed by atoms with Gasteiger partial charge in [-0.3, -0.25) is 4.79 Å². The number of aryl methyl sites for hydroxylation is 1. The van der Waals surface area contributed by atoms with E-state index < -0.39 is 0 Å². The first kappa shape index (κ1) is 15.5. The molecular formula is C17H25N3O. The molecule has 1 aromatic heterocycles. The molecule has 1 heterocycles. The standard InChI is InChI=1S/C17H25N3O/c1-6-19(7-2)17(21)11-14-8-9-16-15(10-14)18-13(5)20(16)12(3)4/h8-10,12H,6-7,11H2,1-5H3. The Labute approximate surface area is 126 Å². The van der Waals surface area contributed by atoms with Crippen LogP contribution in [0.25, 0.3) is 11.0 Å². The molecular weight excluding hydrogens is 262 g/mol. The van der Waals surface area contributed by atoms with Gasteiger partial charge in [0.1, 0.15) is 5.82 Å². The highest BCUT2D eigenvalue weighted by molar-refractivity contribution is 5.82. The predicted octanol–water partition coefficient (Wildman–Crippen LogP) is 3.34. The lowest BCUT2D eigenvalue weighted by molar-refractivity contribution is -0.130. The molecule has 0 fully saturated rings. The molecule has 0 N–H and O–H groups in total. The van der Waals surface area contributed by atoms with E-state index in [9.17, 15) is 4.79 Å². The fourth-order valence-electron chi connectivity index (χ4n) is 2.89. The van der Waals surface area contributed by atoms with Gasteiger partial charge < -0.3 is 9.47 Å². The van der Waals surface area contributed by atoms with Crippen LogP contribution in [0.3, 0.4) is 0 Å². The molecule has 2 rings (SSSR count). The molecule has 4 heteroatoms. The smallest absolute Gasteiger partial charge is 0.226 e. The van der Waals surface area contributed by atoms with Crippen LogP contribution < -0.4 is 0 Å². The lowest BCUT2D eigenvalue weighted by Gasteiger charge is -2.18.